The van der Waals surface area contributed by atoms with Crippen LogP contribution in [0.15, 0.2) is 36.4 Å². The second-order valence-electron chi connectivity index (χ2n) is 8.18. The van der Waals surface area contributed by atoms with Crippen molar-refractivity contribution in [1.29, 1.82) is 0 Å². The Morgan fingerprint density at radius 1 is 0.867 bits per heavy atom. The zero-order chi connectivity index (χ0) is 20.9. The molecule has 0 radical (unpaired) electrons. The van der Waals surface area contributed by atoms with Crippen LogP contribution in [0.25, 0.3) is 10.8 Å². The summed E-state index contributed by atoms with van der Waals surface area (Å²) in [4.78, 5) is 41.6. The van der Waals surface area contributed by atoms with E-state index < -0.39 is 0 Å². The van der Waals surface area contributed by atoms with E-state index in [4.69, 9.17) is 0 Å². The summed E-state index contributed by atoms with van der Waals surface area (Å²) in [6, 6.07) is 11.0. The number of imide groups is 1. The van der Waals surface area contributed by atoms with Gasteiger partial charge in [0, 0.05) is 42.6 Å². The summed E-state index contributed by atoms with van der Waals surface area (Å²) in [6.07, 6.45) is 5.85. The summed E-state index contributed by atoms with van der Waals surface area (Å²) < 4.78 is 0. The van der Waals surface area contributed by atoms with Crippen molar-refractivity contribution < 1.29 is 14.4 Å². The van der Waals surface area contributed by atoms with E-state index in [9.17, 15) is 14.4 Å². The normalized spacial score (nSPS) is 17.3. The number of likely N-dealkylation sites (tertiary alicyclic amines) is 1. The highest BCUT2D eigenvalue weighted by molar-refractivity contribution is 6.25. The van der Waals surface area contributed by atoms with Crippen LogP contribution in [0.4, 0.5) is 0 Å². The van der Waals surface area contributed by atoms with Crippen molar-refractivity contribution in [3.8, 4) is 0 Å². The first-order chi connectivity index (χ1) is 14.6. The molecule has 0 bridgehead atoms. The molecule has 0 aliphatic carbocycles. The molecule has 0 saturated carbocycles. The number of nitrogens with one attached hydrogen (secondary N) is 1. The Bertz CT molecular complexity index is 897. The van der Waals surface area contributed by atoms with Gasteiger partial charge in [-0.25, -0.2) is 0 Å². The molecule has 4 rings (SSSR count). The number of benzene rings is 2. The number of hydrogen-bond acceptors (Lipinski definition) is 4. The fraction of sp³-hybridized carbons (Fsp3) is 0.458. The van der Waals surface area contributed by atoms with Crippen LogP contribution < -0.4 is 5.32 Å². The van der Waals surface area contributed by atoms with Gasteiger partial charge in [0.25, 0.3) is 11.8 Å². The Balaban J connectivity index is 1.27. The first-order valence-corrected chi connectivity index (χ1v) is 11.0. The van der Waals surface area contributed by atoms with Crippen LogP contribution in [-0.4, -0.2) is 60.2 Å². The lowest BCUT2D eigenvalue weighted by Crippen LogP contribution is -2.41. The molecule has 1 fully saturated rings. The van der Waals surface area contributed by atoms with Gasteiger partial charge >= 0.3 is 0 Å². The van der Waals surface area contributed by atoms with Crippen LogP contribution in [0.2, 0.25) is 0 Å². The van der Waals surface area contributed by atoms with E-state index >= 15 is 0 Å². The number of carbonyl (C=O) groups is 3. The number of nitrogens with zero attached hydrogens (tertiary/aromatic N) is 2. The van der Waals surface area contributed by atoms with Crippen LogP contribution in [0, 0.1) is 0 Å². The molecule has 2 aliphatic heterocycles. The molecule has 1 N–H and O–H groups in total. The molecule has 2 aliphatic rings. The van der Waals surface area contributed by atoms with Crippen LogP contribution >= 0.6 is 0 Å². The highest BCUT2D eigenvalue weighted by Crippen LogP contribution is 2.30. The van der Waals surface area contributed by atoms with E-state index in [1.165, 1.54) is 30.6 Å². The average molecular weight is 408 g/mol. The zero-order valence-electron chi connectivity index (χ0n) is 17.4. The van der Waals surface area contributed by atoms with Crippen molar-refractivity contribution in [1.82, 2.24) is 15.1 Å². The number of rotatable bonds is 7. The van der Waals surface area contributed by atoms with Crippen molar-refractivity contribution in [3.63, 3.8) is 0 Å². The molecule has 2 aromatic carbocycles. The van der Waals surface area contributed by atoms with E-state index in [0.29, 0.717) is 30.5 Å². The van der Waals surface area contributed by atoms with Gasteiger partial charge in [-0.05, 0) is 49.9 Å². The minimum absolute atomic E-state index is 0.0239. The molecule has 30 heavy (non-hydrogen) atoms. The second kappa shape index (κ2) is 9.39. The topological polar surface area (TPSA) is 69.7 Å². The Morgan fingerprint density at radius 2 is 1.50 bits per heavy atom. The second-order valence-corrected chi connectivity index (χ2v) is 8.18. The third-order valence-corrected chi connectivity index (χ3v) is 6.09. The molecule has 158 valence electrons. The number of amides is 3. The maximum Gasteiger partial charge on any atom is 0.261 e. The van der Waals surface area contributed by atoms with Crippen LogP contribution in [-0.2, 0) is 4.79 Å². The quantitative estimate of drug-likeness (QED) is 0.716. The lowest BCUT2D eigenvalue weighted by molar-refractivity contribution is -0.121. The van der Waals surface area contributed by atoms with E-state index in [1.807, 2.05) is 24.3 Å². The Kier molecular flexibility index (Phi) is 6.43. The molecule has 1 saturated heterocycles. The average Bonchev–Trinajstić information content (AvgIpc) is 3.03. The minimum Gasteiger partial charge on any atom is -0.355 e. The van der Waals surface area contributed by atoms with Gasteiger partial charge < -0.3 is 10.2 Å². The summed E-state index contributed by atoms with van der Waals surface area (Å²) >= 11 is 0. The molecular formula is C24H29N3O3. The maximum atomic E-state index is 12.9. The van der Waals surface area contributed by atoms with E-state index in [2.05, 4.69) is 10.2 Å². The molecule has 0 aromatic heterocycles. The summed E-state index contributed by atoms with van der Waals surface area (Å²) in [5.74, 6) is -0.569. The Hall–Kier alpha value is -2.73. The predicted molar refractivity (Wildman–Crippen MR) is 116 cm³/mol. The molecule has 0 unspecified atom stereocenters. The van der Waals surface area contributed by atoms with Crippen LogP contribution in [0.1, 0.15) is 59.2 Å². The third kappa shape index (κ3) is 4.38. The zero-order valence-corrected chi connectivity index (χ0v) is 17.4. The van der Waals surface area contributed by atoms with Crippen molar-refractivity contribution in [2.45, 2.75) is 38.5 Å². The molecular weight excluding hydrogens is 378 g/mol. The summed E-state index contributed by atoms with van der Waals surface area (Å²) in [5, 5.41) is 4.61. The van der Waals surface area contributed by atoms with Crippen molar-refractivity contribution in [2.75, 3.05) is 32.7 Å². The number of carbonyl (C=O) groups excluding carboxylic acids is 3. The highest BCUT2D eigenvalue weighted by Gasteiger charge is 2.32. The van der Waals surface area contributed by atoms with Gasteiger partial charge in [-0.2, -0.15) is 0 Å². The van der Waals surface area contributed by atoms with Crippen molar-refractivity contribution in [2.24, 2.45) is 0 Å². The van der Waals surface area contributed by atoms with Gasteiger partial charge in [0.1, 0.15) is 0 Å². The molecule has 2 aromatic rings. The van der Waals surface area contributed by atoms with E-state index in [-0.39, 0.29) is 24.3 Å². The fourth-order valence-corrected chi connectivity index (χ4v) is 4.48. The summed E-state index contributed by atoms with van der Waals surface area (Å²) in [7, 11) is 0. The molecule has 2 heterocycles. The molecule has 6 nitrogen and oxygen atoms in total. The predicted octanol–water partition coefficient (Wildman–Crippen LogP) is 3.21. The third-order valence-electron chi connectivity index (χ3n) is 6.09. The maximum absolute atomic E-state index is 12.9. The van der Waals surface area contributed by atoms with Crippen LogP contribution in [0.5, 0.6) is 0 Å². The molecule has 0 atom stereocenters. The lowest BCUT2D eigenvalue weighted by atomic mass is 9.94. The largest absolute Gasteiger partial charge is 0.355 e. The number of hydrogen-bond donors (Lipinski definition) is 1. The summed E-state index contributed by atoms with van der Waals surface area (Å²) in [5.41, 5.74) is 1.12. The Labute approximate surface area is 177 Å². The molecule has 3 amide bonds. The molecule has 6 heteroatoms. The van der Waals surface area contributed by atoms with E-state index in [0.717, 1.165) is 30.4 Å². The fourth-order valence-electron chi connectivity index (χ4n) is 4.48. The minimum atomic E-state index is -0.272. The smallest absolute Gasteiger partial charge is 0.261 e. The van der Waals surface area contributed by atoms with E-state index in [1.54, 1.807) is 12.1 Å². The van der Waals surface area contributed by atoms with Gasteiger partial charge in [-0.3, -0.25) is 19.3 Å². The lowest BCUT2D eigenvalue weighted by Gasteiger charge is -2.27. The SMILES string of the molecule is O=C(CCCN1C(=O)c2cccc3cccc(c23)C1=O)NCCN1CCCCCC1. The Morgan fingerprint density at radius 3 is 2.13 bits per heavy atom. The standard InChI is InChI=1S/C24H29N3O3/c28-21(25-13-17-26-14-3-1-2-4-15-26)12-7-16-27-23(29)19-10-5-8-18-9-6-11-20(22(18)19)24(27)30/h5-6,8-11H,1-4,7,12-17H2,(H,25,28). The first kappa shape index (κ1) is 20.5. The summed E-state index contributed by atoms with van der Waals surface area (Å²) in [6.45, 7) is 4.01. The monoisotopic (exact) mass is 407 g/mol. The van der Waals surface area contributed by atoms with Gasteiger partial charge in [0.15, 0.2) is 0 Å². The van der Waals surface area contributed by atoms with Crippen molar-refractivity contribution in [3.05, 3.63) is 47.5 Å². The highest BCUT2D eigenvalue weighted by atomic mass is 16.2. The first-order valence-electron chi connectivity index (χ1n) is 11.0. The molecule has 0 spiro atoms. The van der Waals surface area contributed by atoms with Crippen LogP contribution in [0.3, 0.4) is 0 Å². The van der Waals surface area contributed by atoms with Crippen molar-refractivity contribution >= 4 is 28.5 Å². The van der Waals surface area contributed by atoms with Gasteiger partial charge in [0.2, 0.25) is 5.91 Å². The van der Waals surface area contributed by atoms with Gasteiger partial charge in [-0.15, -0.1) is 0 Å². The van der Waals surface area contributed by atoms with Gasteiger partial charge in [0.05, 0.1) is 0 Å². The van der Waals surface area contributed by atoms with Gasteiger partial charge in [-0.1, -0.05) is 37.1 Å².